The number of carboxylic acid groups (broad SMARTS) is 1. The second-order valence-corrected chi connectivity index (χ2v) is 6.29. The average Bonchev–Trinajstić information content (AvgIpc) is 2.56. The van der Waals surface area contributed by atoms with E-state index in [9.17, 15) is 24.3 Å². The van der Waals surface area contributed by atoms with Gasteiger partial charge in [0.1, 0.15) is 24.2 Å². The Morgan fingerprint density at radius 3 is 1.77 bits per heavy atom. The number of aliphatic hydroxyl groups excluding tert-OH is 2. The summed E-state index contributed by atoms with van der Waals surface area (Å²) in [5.74, 6) is -3.63. The first-order valence-electron chi connectivity index (χ1n) is 8.14. The maximum absolute atomic E-state index is 12.4. The van der Waals surface area contributed by atoms with Crippen LogP contribution in [0.3, 0.4) is 0 Å². The van der Waals surface area contributed by atoms with Crippen molar-refractivity contribution in [2.24, 2.45) is 11.7 Å². The zero-order valence-corrected chi connectivity index (χ0v) is 15.1. The van der Waals surface area contributed by atoms with Crippen molar-refractivity contribution in [2.45, 2.75) is 51.4 Å². The Morgan fingerprint density at radius 2 is 1.35 bits per heavy atom. The number of hydrogen-bond donors (Lipinski definition) is 7. The molecule has 0 saturated heterocycles. The number of aliphatic carboxylic acids is 1. The van der Waals surface area contributed by atoms with Crippen LogP contribution in [0.5, 0.6) is 0 Å². The number of hydrogen-bond acceptors (Lipinski definition) is 7. The van der Waals surface area contributed by atoms with Gasteiger partial charge < -0.3 is 37.0 Å². The molecule has 0 saturated carbocycles. The van der Waals surface area contributed by atoms with E-state index < -0.39 is 61.1 Å². The molecule has 11 nitrogen and oxygen atoms in total. The van der Waals surface area contributed by atoms with E-state index in [4.69, 9.17) is 15.9 Å². The first kappa shape index (κ1) is 23.8. The summed E-state index contributed by atoms with van der Waals surface area (Å²) >= 11 is 0. The van der Waals surface area contributed by atoms with Crippen LogP contribution in [0.1, 0.15) is 27.2 Å². The van der Waals surface area contributed by atoms with Crippen LogP contribution in [0.2, 0.25) is 0 Å². The Kier molecular flexibility index (Phi) is 10.4. The van der Waals surface area contributed by atoms with Gasteiger partial charge in [-0.3, -0.25) is 19.2 Å². The zero-order chi connectivity index (χ0) is 20.4. The summed E-state index contributed by atoms with van der Waals surface area (Å²) in [5.41, 5.74) is 5.40. The van der Waals surface area contributed by atoms with Gasteiger partial charge in [-0.25, -0.2) is 0 Å². The zero-order valence-electron chi connectivity index (χ0n) is 15.1. The van der Waals surface area contributed by atoms with E-state index in [0.29, 0.717) is 0 Å². The summed E-state index contributed by atoms with van der Waals surface area (Å²) in [6.07, 6.45) is 0.223. The monoisotopic (exact) mass is 376 g/mol. The fourth-order valence-electron chi connectivity index (χ4n) is 1.91. The molecule has 150 valence electrons. The van der Waals surface area contributed by atoms with Gasteiger partial charge in [0.05, 0.1) is 13.2 Å². The lowest BCUT2D eigenvalue weighted by atomic mass is 10.0. The second kappa shape index (κ2) is 11.4. The first-order chi connectivity index (χ1) is 12.0. The SMILES string of the molecule is CC(C)CC(NC(=O)C(N)CO)C(=O)NC(CO)C(=O)NC(C)C(=O)O. The van der Waals surface area contributed by atoms with Crippen molar-refractivity contribution < 1.29 is 34.5 Å². The average molecular weight is 376 g/mol. The Hall–Kier alpha value is -2.24. The van der Waals surface area contributed by atoms with Gasteiger partial charge in [0, 0.05) is 0 Å². The van der Waals surface area contributed by atoms with Crippen molar-refractivity contribution in [3.63, 3.8) is 0 Å². The molecule has 3 amide bonds. The first-order valence-corrected chi connectivity index (χ1v) is 8.14. The molecule has 0 aromatic heterocycles. The maximum Gasteiger partial charge on any atom is 0.325 e. The molecule has 0 aliphatic rings. The molecule has 0 aromatic rings. The quantitative estimate of drug-likeness (QED) is 0.197. The van der Waals surface area contributed by atoms with Gasteiger partial charge in [0.25, 0.3) is 0 Å². The van der Waals surface area contributed by atoms with Crippen LogP contribution in [0.4, 0.5) is 0 Å². The number of carbonyl (C=O) groups is 4. The highest BCUT2D eigenvalue weighted by molar-refractivity contribution is 5.94. The van der Waals surface area contributed by atoms with E-state index >= 15 is 0 Å². The van der Waals surface area contributed by atoms with E-state index in [-0.39, 0.29) is 12.3 Å². The summed E-state index contributed by atoms with van der Waals surface area (Å²) in [4.78, 5) is 46.9. The van der Waals surface area contributed by atoms with E-state index in [0.717, 1.165) is 0 Å². The van der Waals surface area contributed by atoms with E-state index in [2.05, 4.69) is 16.0 Å². The Bertz CT molecular complexity index is 512. The summed E-state index contributed by atoms with van der Waals surface area (Å²) in [6, 6.07) is -4.84. The van der Waals surface area contributed by atoms with Crippen molar-refractivity contribution >= 4 is 23.7 Å². The van der Waals surface area contributed by atoms with Crippen molar-refractivity contribution in [1.29, 1.82) is 0 Å². The molecule has 26 heavy (non-hydrogen) atoms. The molecule has 11 heteroatoms. The molecular formula is C15H28N4O7. The molecule has 0 aromatic carbocycles. The minimum Gasteiger partial charge on any atom is -0.480 e. The molecule has 8 N–H and O–H groups in total. The van der Waals surface area contributed by atoms with Crippen LogP contribution < -0.4 is 21.7 Å². The van der Waals surface area contributed by atoms with E-state index in [1.165, 1.54) is 6.92 Å². The number of carboxylic acids is 1. The summed E-state index contributed by atoms with van der Waals surface area (Å²) in [7, 11) is 0. The van der Waals surface area contributed by atoms with E-state index in [1.807, 2.05) is 13.8 Å². The highest BCUT2D eigenvalue weighted by Gasteiger charge is 2.29. The van der Waals surface area contributed by atoms with Gasteiger partial charge in [-0.1, -0.05) is 13.8 Å². The van der Waals surface area contributed by atoms with Gasteiger partial charge in [0.2, 0.25) is 17.7 Å². The Morgan fingerprint density at radius 1 is 0.846 bits per heavy atom. The van der Waals surface area contributed by atoms with Gasteiger partial charge in [-0.2, -0.15) is 0 Å². The Balaban J connectivity index is 5.04. The lowest BCUT2D eigenvalue weighted by Crippen LogP contribution is -2.58. The highest BCUT2D eigenvalue weighted by atomic mass is 16.4. The third-order valence-electron chi connectivity index (χ3n) is 3.42. The predicted octanol–water partition coefficient (Wildman–Crippen LogP) is -3.10. The molecule has 0 radical (unpaired) electrons. The number of nitrogens with one attached hydrogen (secondary N) is 3. The van der Waals surface area contributed by atoms with Gasteiger partial charge >= 0.3 is 5.97 Å². The molecule has 4 unspecified atom stereocenters. The molecule has 0 fully saturated rings. The van der Waals surface area contributed by atoms with Crippen molar-refractivity contribution in [3.8, 4) is 0 Å². The topological polar surface area (TPSA) is 191 Å². The van der Waals surface area contributed by atoms with Crippen LogP contribution >= 0.6 is 0 Å². The third-order valence-corrected chi connectivity index (χ3v) is 3.42. The molecule has 0 bridgehead atoms. The fraction of sp³-hybridized carbons (Fsp3) is 0.733. The summed E-state index contributed by atoms with van der Waals surface area (Å²) in [6.45, 7) is 3.49. The number of carbonyl (C=O) groups excluding carboxylic acids is 3. The van der Waals surface area contributed by atoms with Crippen molar-refractivity contribution in [3.05, 3.63) is 0 Å². The van der Waals surface area contributed by atoms with Crippen LogP contribution in [-0.4, -0.2) is 76.4 Å². The van der Waals surface area contributed by atoms with Crippen LogP contribution in [-0.2, 0) is 19.2 Å². The minimum atomic E-state index is -1.39. The number of amides is 3. The molecule has 0 aliphatic heterocycles. The predicted molar refractivity (Wildman–Crippen MR) is 90.7 cm³/mol. The van der Waals surface area contributed by atoms with Gasteiger partial charge in [-0.05, 0) is 19.3 Å². The lowest BCUT2D eigenvalue weighted by molar-refractivity contribution is -0.142. The molecule has 0 aliphatic carbocycles. The number of nitrogens with two attached hydrogens (primary N) is 1. The largest absolute Gasteiger partial charge is 0.480 e. The lowest BCUT2D eigenvalue weighted by Gasteiger charge is -2.24. The van der Waals surface area contributed by atoms with Crippen molar-refractivity contribution in [1.82, 2.24) is 16.0 Å². The minimum absolute atomic E-state index is 0.00448. The molecule has 0 rings (SSSR count). The van der Waals surface area contributed by atoms with E-state index in [1.54, 1.807) is 0 Å². The normalized spacial score (nSPS) is 15.5. The maximum atomic E-state index is 12.4. The second-order valence-electron chi connectivity index (χ2n) is 6.29. The highest BCUT2D eigenvalue weighted by Crippen LogP contribution is 2.06. The summed E-state index contributed by atoms with van der Waals surface area (Å²) < 4.78 is 0. The number of aliphatic hydroxyl groups is 2. The molecule has 0 heterocycles. The fourth-order valence-corrected chi connectivity index (χ4v) is 1.91. The van der Waals surface area contributed by atoms with Gasteiger partial charge in [0.15, 0.2) is 0 Å². The summed E-state index contributed by atoms with van der Waals surface area (Å²) in [5, 5.41) is 33.8. The molecule has 0 spiro atoms. The van der Waals surface area contributed by atoms with Crippen molar-refractivity contribution in [2.75, 3.05) is 13.2 Å². The molecular weight excluding hydrogens is 348 g/mol. The van der Waals surface area contributed by atoms with Crippen LogP contribution in [0, 0.1) is 5.92 Å². The standard InChI is InChI=1S/C15H28N4O7/c1-7(2)4-10(18-12(22)9(16)5-20)13(23)19-11(6-21)14(24)17-8(3)15(25)26/h7-11,20-21H,4-6,16H2,1-3H3,(H,17,24)(H,18,22)(H,19,23)(H,25,26). The van der Waals surface area contributed by atoms with Crippen LogP contribution in [0.25, 0.3) is 0 Å². The Labute approximate surface area is 151 Å². The number of rotatable bonds is 11. The third kappa shape index (κ3) is 8.23. The van der Waals surface area contributed by atoms with Crippen LogP contribution in [0.15, 0.2) is 0 Å². The molecule has 4 atom stereocenters. The van der Waals surface area contributed by atoms with Gasteiger partial charge in [-0.15, -0.1) is 0 Å². The smallest absolute Gasteiger partial charge is 0.325 e.